The molecule has 0 radical (unpaired) electrons. The Morgan fingerprint density at radius 2 is 2.06 bits per heavy atom. The summed E-state index contributed by atoms with van der Waals surface area (Å²) in [4.78, 5) is 2.64. The largest absolute Gasteiger partial charge is 0.381 e. The Hall–Kier alpha value is -0.120. The zero-order valence-corrected chi connectivity index (χ0v) is 10.7. The molecule has 1 heterocycles. The van der Waals surface area contributed by atoms with Crippen molar-refractivity contribution in [1.82, 2.24) is 10.2 Å². The zero-order chi connectivity index (χ0) is 11.4. The van der Waals surface area contributed by atoms with Crippen molar-refractivity contribution >= 4 is 0 Å². The van der Waals surface area contributed by atoms with Gasteiger partial charge in [-0.25, -0.2) is 0 Å². The van der Waals surface area contributed by atoms with Gasteiger partial charge in [0.15, 0.2) is 0 Å². The van der Waals surface area contributed by atoms with Gasteiger partial charge in [0.05, 0.1) is 6.61 Å². The monoisotopic (exact) mass is 226 g/mol. The Morgan fingerprint density at radius 1 is 1.25 bits per heavy atom. The summed E-state index contributed by atoms with van der Waals surface area (Å²) in [5, 5.41) is 3.62. The maximum atomic E-state index is 5.64. The first-order valence-corrected chi connectivity index (χ1v) is 6.90. The average molecular weight is 226 g/mol. The third-order valence-electron chi connectivity index (χ3n) is 3.88. The highest BCUT2D eigenvalue weighted by atomic mass is 16.5. The van der Waals surface area contributed by atoms with E-state index in [0.29, 0.717) is 12.0 Å². The Morgan fingerprint density at radius 3 is 2.69 bits per heavy atom. The summed E-state index contributed by atoms with van der Waals surface area (Å²) in [6.45, 7) is 9.86. The van der Waals surface area contributed by atoms with Gasteiger partial charge in [0.2, 0.25) is 0 Å². The van der Waals surface area contributed by atoms with Gasteiger partial charge in [-0.3, -0.25) is 0 Å². The standard InChI is InChI=1S/C13H26N2O/c1-3-14-13-7-8-16-10-11(13)9-15(4-2)12-5-6-12/h11-14H,3-10H2,1-2H3. The lowest BCUT2D eigenvalue weighted by Crippen LogP contribution is -2.48. The van der Waals surface area contributed by atoms with Crippen LogP contribution in [0.5, 0.6) is 0 Å². The van der Waals surface area contributed by atoms with Crippen molar-refractivity contribution in [2.45, 2.75) is 45.2 Å². The number of ether oxygens (including phenoxy) is 1. The molecule has 2 rings (SSSR count). The van der Waals surface area contributed by atoms with E-state index >= 15 is 0 Å². The van der Waals surface area contributed by atoms with Crippen molar-refractivity contribution in [3.8, 4) is 0 Å². The average Bonchev–Trinajstić information content (AvgIpc) is 3.12. The summed E-state index contributed by atoms with van der Waals surface area (Å²) < 4.78 is 5.64. The van der Waals surface area contributed by atoms with Gasteiger partial charge >= 0.3 is 0 Å². The van der Waals surface area contributed by atoms with Crippen molar-refractivity contribution < 1.29 is 4.74 Å². The van der Waals surface area contributed by atoms with Crippen LogP contribution < -0.4 is 5.32 Å². The Balaban J connectivity index is 1.83. The molecule has 0 aromatic heterocycles. The van der Waals surface area contributed by atoms with Crippen LogP contribution in [0.15, 0.2) is 0 Å². The summed E-state index contributed by atoms with van der Waals surface area (Å²) in [6.07, 6.45) is 4.00. The summed E-state index contributed by atoms with van der Waals surface area (Å²) >= 11 is 0. The predicted octanol–water partition coefficient (Wildman–Crippen LogP) is 1.49. The normalized spacial score (nSPS) is 30.9. The molecule has 0 spiro atoms. The van der Waals surface area contributed by atoms with E-state index in [-0.39, 0.29) is 0 Å². The molecule has 1 saturated heterocycles. The fourth-order valence-corrected chi connectivity index (χ4v) is 2.78. The van der Waals surface area contributed by atoms with Crippen molar-refractivity contribution in [2.24, 2.45) is 5.92 Å². The summed E-state index contributed by atoms with van der Waals surface area (Å²) in [5.74, 6) is 0.689. The van der Waals surface area contributed by atoms with E-state index in [1.165, 1.54) is 32.4 Å². The molecular formula is C13H26N2O. The summed E-state index contributed by atoms with van der Waals surface area (Å²) in [5.41, 5.74) is 0. The fourth-order valence-electron chi connectivity index (χ4n) is 2.78. The Kier molecular flexibility index (Phi) is 4.62. The number of rotatable bonds is 6. The predicted molar refractivity (Wildman–Crippen MR) is 66.7 cm³/mol. The van der Waals surface area contributed by atoms with Gasteiger partial charge in [-0.05, 0) is 32.4 Å². The molecule has 0 amide bonds. The first kappa shape index (κ1) is 12.3. The molecule has 2 fully saturated rings. The Bertz CT molecular complexity index is 204. The summed E-state index contributed by atoms with van der Waals surface area (Å²) in [7, 11) is 0. The molecule has 2 atom stereocenters. The molecule has 1 saturated carbocycles. The van der Waals surface area contributed by atoms with E-state index in [2.05, 4.69) is 24.1 Å². The van der Waals surface area contributed by atoms with Gasteiger partial charge in [0.25, 0.3) is 0 Å². The smallest absolute Gasteiger partial charge is 0.0521 e. The van der Waals surface area contributed by atoms with E-state index in [9.17, 15) is 0 Å². The minimum absolute atomic E-state index is 0.673. The van der Waals surface area contributed by atoms with Crippen LogP contribution in [0.3, 0.4) is 0 Å². The van der Waals surface area contributed by atoms with Crippen molar-refractivity contribution in [3.05, 3.63) is 0 Å². The summed E-state index contributed by atoms with van der Waals surface area (Å²) in [6, 6.07) is 1.56. The number of nitrogens with zero attached hydrogens (tertiary/aromatic N) is 1. The van der Waals surface area contributed by atoms with Crippen LogP contribution >= 0.6 is 0 Å². The lowest BCUT2D eigenvalue weighted by atomic mass is 9.95. The highest BCUT2D eigenvalue weighted by molar-refractivity contribution is 4.88. The third-order valence-corrected chi connectivity index (χ3v) is 3.88. The molecule has 2 unspecified atom stereocenters. The second-order valence-electron chi connectivity index (χ2n) is 5.11. The molecule has 0 aromatic carbocycles. The molecule has 16 heavy (non-hydrogen) atoms. The maximum Gasteiger partial charge on any atom is 0.0521 e. The molecular weight excluding hydrogens is 200 g/mol. The molecule has 1 aliphatic heterocycles. The van der Waals surface area contributed by atoms with Crippen molar-refractivity contribution in [2.75, 3.05) is 32.8 Å². The maximum absolute atomic E-state index is 5.64. The van der Waals surface area contributed by atoms with Crippen LogP contribution in [0.2, 0.25) is 0 Å². The van der Waals surface area contributed by atoms with Gasteiger partial charge < -0.3 is 15.0 Å². The Labute approximate surface area is 99.5 Å². The second-order valence-corrected chi connectivity index (χ2v) is 5.11. The van der Waals surface area contributed by atoms with Crippen LogP contribution in [0.1, 0.15) is 33.1 Å². The van der Waals surface area contributed by atoms with Gasteiger partial charge in [-0.15, -0.1) is 0 Å². The van der Waals surface area contributed by atoms with Gasteiger partial charge in [-0.1, -0.05) is 13.8 Å². The van der Waals surface area contributed by atoms with E-state index in [1.54, 1.807) is 0 Å². The van der Waals surface area contributed by atoms with Crippen LogP contribution in [0.4, 0.5) is 0 Å². The van der Waals surface area contributed by atoms with Crippen LogP contribution in [0, 0.1) is 5.92 Å². The molecule has 0 aromatic rings. The first-order valence-electron chi connectivity index (χ1n) is 6.90. The highest BCUT2D eigenvalue weighted by Gasteiger charge is 2.32. The van der Waals surface area contributed by atoms with Gasteiger partial charge in [0.1, 0.15) is 0 Å². The molecule has 3 nitrogen and oxygen atoms in total. The molecule has 2 aliphatic rings. The minimum atomic E-state index is 0.673. The SMILES string of the molecule is CCNC1CCOCC1CN(CC)C1CC1. The van der Waals surface area contributed by atoms with Gasteiger partial charge in [0, 0.05) is 31.2 Å². The van der Waals surface area contributed by atoms with Crippen molar-refractivity contribution in [3.63, 3.8) is 0 Å². The zero-order valence-electron chi connectivity index (χ0n) is 10.7. The first-order chi connectivity index (χ1) is 7.85. The van der Waals surface area contributed by atoms with Crippen LogP contribution in [-0.4, -0.2) is 49.8 Å². The lowest BCUT2D eigenvalue weighted by molar-refractivity contribution is 0.0165. The van der Waals surface area contributed by atoms with E-state index in [0.717, 1.165) is 25.8 Å². The molecule has 0 bridgehead atoms. The number of hydrogen-bond donors (Lipinski definition) is 1. The molecule has 1 aliphatic carbocycles. The number of hydrogen-bond acceptors (Lipinski definition) is 3. The highest BCUT2D eigenvalue weighted by Crippen LogP contribution is 2.28. The second kappa shape index (κ2) is 5.99. The topological polar surface area (TPSA) is 24.5 Å². The van der Waals surface area contributed by atoms with Crippen LogP contribution in [0.25, 0.3) is 0 Å². The molecule has 3 heteroatoms. The molecule has 1 N–H and O–H groups in total. The van der Waals surface area contributed by atoms with Crippen LogP contribution in [-0.2, 0) is 4.74 Å². The lowest BCUT2D eigenvalue weighted by Gasteiger charge is -2.35. The van der Waals surface area contributed by atoms with Crippen molar-refractivity contribution in [1.29, 1.82) is 0 Å². The third kappa shape index (κ3) is 3.19. The quantitative estimate of drug-likeness (QED) is 0.742. The molecule has 94 valence electrons. The van der Waals surface area contributed by atoms with E-state index < -0.39 is 0 Å². The fraction of sp³-hybridized carbons (Fsp3) is 1.00. The van der Waals surface area contributed by atoms with E-state index in [4.69, 9.17) is 4.74 Å². The van der Waals surface area contributed by atoms with Gasteiger partial charge in [-0.2, -0.15) is 0 Å². The van der Waals surface area contributed by atoms with E-state index in [1.807, 2.05) is 0 Å². The number of nitrogens with one attached hydrogen (secondary N) is 1. The minimum Gasteiger partial charge on any atom is -0.381 e.